The molecule has 1 aromatic heterocycles. The Morgan fingerprint density at radius 2 is 2.40 bits per heavy atom. The molecule has 2 N–H and O–H groups in total. The zero-order valence-electron chi connectivity index (χ0n) is 9.61. The van der Waals surface area contributed by atoms with E-state index in [2.05, 4.69) is 17.2 Å². The number of hydrogen-bond donors (Lipinski definition) is 2. The lowest BCUT2D eigenvalue weighted by molar-refractivity contribution is 0.161. The lowest BCUT2D eigenvalue weighted by atomic mass is 10.2. The number of nitrogens with one attached hydrogen (secondary N) is 1. The maximum atomic E-state index is 9.48. The van der Waals surface area contributed by atoms with Crippen molar-refractivity contribution >= 4 is 0 Å². The normalized spacial score (nSPS) is 13.0. The number of nitrogens with zero attached hydrogens (tertiary/aromatic N) is 2. The van der Waals surface area contributed by atoms with Crippen molar-refractivity contribution in [1.29, 1.82) is 0 Å². The fourth-order valence-corrected chi connectivity index (χ4v) is 1.54. The highest BCUT2D eigenvalue weighted by molar-refractivity contribution is 4.91. The Bertz CT molecular complexity index is 273. The predicted molar refractivity (Wildman–Crippen MR) is 60.7 cm³/mol. The molecule has 15 heavy (non-hydrogen) atoms. The topological polar surface area (TPSA) is 50.1 Å². The van der Waals surface area contributed by atoms with Gasteiger partial charge in [-0.15, -0.1) is 0 Å². The van der Waals surface area contributed by atoms with Gasteiger partial charge in [-0.05, 0) is 6.42 Å². The van der Waals surface area contributed by atoms with E-state index >= 15 is 0 Å². The summed E-state index contributed by atoms with van der Waals surface area (Å²) in [5, 5.41) is 12.7. The lowest BCUT2D eigenvalue weighted by Gasteiger charge is -2.10. The van der Waals surface area contributed by atoms with Crippen LogP contribution in [-0.2, 0) is 13.5 Å². The van der Waals surface area contributed by atoms with Crippen LogP contribution in [0.15, 0.2) is 12.4 Å². The summed E-state index contributed by atoms with van der Waals surface area (Å²) < 4.78 is 2.02. The van der Waals surface area contributed by atoms with Gasteiger partial charge in [0.1, 0.15) is 5.82 Å². The van der Waals surface area contributed by atoms with Gasteiger partial charge in [-0.25, -0.2) is 4.98 Å². The smallest absolute Gasteiger partial charge is 0.109 e. The van der Waals surface area contributed by atoms with E-state index < -0.39 is 0 Å². The number of aromatic nitrogens is 2. The van der Waals surface area contributed by atoms with Gasteiger partial charge < -0.3 is 15.0 Å². The second-order valence-electron chi connectivity index (χ2n) is 3.85. The summed E-state index contributed by atoms with van der Waals surface area (Å²) in [6, 6.07) is 0. The molecule has 0 amide bonds. The third-order valence-corrected chi connectivity index (χ3v) is 2.45. The van der Waals surface area contributed by atoms with Gasteiger partial charge >= 0.3 is 0 Å². The average molecular weight is 211 g/mol. The number of imidazole rings is 1. The van der Waals surface area contributed by atoms with Crippen LogP contribution in [0.25, 0.3) is 0 Å². The highest BCUT2D eigenvalue weighted by Gasteiger charge is 2.02. The lowest BCUT2D eigenvalue weighted by Crippen LogP contribution is -2.28. The van der Waals surface area contributed by atoms with Crippen LogP contribution in [0.5, 0.6) is 0 Å². The van der Waals surface area contributed by atoms with Crippen LogP contribution in [0.3, 0.4) is 0 Å². The van der Waals surface area contributed by atoms with E-state index in [0.29, 0.717) is 6.54 Å². The summed E-state index contributed by atoms with van der Waals surface area (Å²) in [5.74, 6) is 1.08. The van der Waals surface area contributed by atoms with E-state index in [9.17, 15) is 5.11 Å². The minimum absolute atomic E-state index is 0.212. The highest BCUT2D eigenvalue weighted by Crippen LogP contribution is 1.96. The Hall–Kier alpha value is -0.870. The summed E-state index contributed by atoms with van der Waals surface area (Å²) >= 11 is 0. The first-order valence-electron chi connectivity index (χ1n) is 5.59. The molecule has 0 saturated carbocycles. The minimum Gasteiger partial charge on any atom is -0.392 e. The van der Waals surface area contributed by atoms with E-state index in [-0.39, 0.29) is 6.10 Å². The maximum Gasteiger partial charge on any atom is 0.109 e. The van der Waals surface area contributed by atoms with Crippen molar-refractivity contribution in [1.82, 2.24) is 14.9 Å². The molecule has 0 radical (unpaired) electrons. The molecule has 1 aromatic rings. The Morgan fingerprint density at radius 1 is 1.60 bits per heavy atom. The molecule has 1 heterocycles. The molecule has 0 spiro atoms. The van der Waals surface area contributed by atoms with Crippen LogP contribution in [0, 0.1) is 0 Å². The molecule has 0 aliphatic rings. The quantitative estimate of drug-likeness (QED) is 0.653. The molecule has 4 nitrogen and oxygen atoms in total. The summed E-state index contributed by atoms with van der Waals surface area (Å²) in [6.07, 6.45) is 6.35. The van der Waals surface area contributed by atoms with Crippen LogP contribution in [0.1, 0.15) is 25.6 Å². The number of aliphatic hydroxyl groups is 1. The maximum absolute atomic E-state index is 9.48. The van der Waals surface area contributed by atoms with Gasteiger partial charge in [-0.2, -0.15) is 0 Å². The molecule has 1 atom stereocenters. The van der Waals surface area contributed by atoms with Gasteiger partial charge in [0.2, 0.25) is 0 Å². The highest BCUT2D eigenvalue weighted by atomic mass is 16.3. The Labute approximate surface area is 91.3 Å². The molecule has 86 valence electrons. The number of rotatable bonds is 7. The van der Waals surface area contributed by atoms with Gasteiger partial charge in [-0.1, -0.05) is 13.3 Å². The van der Waals surface area contributed by atoms with Gasteiger partial charge in [-0.3, -0.25) is 0 Å². The zero-order chi connectivity index (χ0) is 11.1. The summed E-state index contributed by atoms with van der Waals surface area (Å²) in [7, 11) is 1.99. The van der Waals surface area contributed by atoms with Gasteiger partial charge in [0.15, 0.2) is 0 Å². The zero-order valence-corrected chi connectivity index (χ0v) is 9.61. The number of hydrogen-bond acceptors (Lipinski definition) is 3. The fraction of sp³-hybridized carbons (Fsp3) is 0.727. The molecule has 1 unspecified atom stereocenters. The minimum atomic E-state index is -0.212. The van der Waals surface area contributed by atoms with E-state index in [0.717, 1.165) is 31.6 Å². The second-order valence-corrected chi connectivity index (χ2v) is 3.85. The van der Waals surface area contributed by atoms with Crippen molar-refractivity contribution in [3.8, 4) is 0 Å². The largest absolute Gasteiger partial charge is 0.392 e. The van der Waals surface area contributed by atoms with Gasteiger partial charge in [0, 0.05) is 39.0 Å². The van der Waals surface area contributed by atoms with Crippen molar-refractivity contribution in [3.63, 3.8) is 0 Å². The summed E-state index contributed by atoms with van der Waals surface area (Å²) in [5.41, 5.74) is 0. The third-order valence-electron chi connectivity index (χ3n) is 2.45. The van der Waals surface area contributed by atoms with Gasteiger partial charge in [0.25, 0.3) is 0 Å². The summed E-state index contributed by atoms with van der Waals surface area (Å²) in [4.78, 5) is 4.23. The third kappa shape index (κ3) is 4.44. The standard InChI is InChI=1S/C11H21N3O/c1-3-4-10(15)9-12-6-5-11-13-7-8-14(11)2/h7-8,10,12,15H,3-6,9H2,1-2H3. The predicted octanol–water partition coefficient (Wildman–Crippen LogP) is 0.713. The van der Waals surface area contributed by atoms with Crippen molar-refractivity contribution in [2.45, 2.75) is 32.3 Å². The number of aliphatic hydroxyl groups excluding tert-OH is 1. The number of aryl methyl sites for hydroxylation is 1. The molecule has 0 aliphatic heterocycles. The first-order chi connectivity index (χ1) is 7.24. The van der Waals surface area contributed by atoms with Crippen molar-refractivity contribution in [2.75, 3.05) is 13.1 Å². The molecular weight excluding hydrogens is 190 g/mol. The van der Waals surface area contributed by atoms with Crippen LogP contribution in [0.2, 0.25) is 0 Å². The Balaban J connectivity index is 2.09. The van der Waals surface area contributed by atoms with Crippen LogP contribution in [0.4, 0.5) is 0 Å². The molecule has 0 saturated heterocycles. The van der Waals surface area contributed by atoms with Gasteiger partial charge in [0.05, 0.1) is 6.10 Å². The molecule has 0 fully saturated rings. The van der Waals surface area contributed by atoms with E-state index in [4.69, 9.17) is 0 Å². The molecule has 0 aliphatic carbocycles. The Morgan fingerprint density at radius 3 is 3.00 bits per heavy atom. The van der Waals surface area contributed by atoms with Crippen molar-refractivity contribution in [3.05, 3.63) is 18.2 Å². The van der Waals surface area contributed by atoms with E-state index in [1.807, 2.05) is 17.8 Å². The van der Waals surface area contributed by atoms with Crippen LogP contribution < -0.4 is 5.32 Å². The van der Waals surface area contributed by atoms with Crippen molar-refractivity contribution in [2.24, 2.45) is 7.05 Å². The fourth-order valence-electron chi connectivity index (χ4n) is 1.54. The van der Waals surface area contributed by atoms with Crippen LogP contribution in [-0.4, -0.2) is 33.9 Å². The molecule has 4 heteroatoms. The summed E-state index contributed by atoms with van der Waals surface area (Å²) in [6.45, 7) is 3.63. The van der Waals surface area contributed by atoms with Crippen molar-refractivity contribution < 1.29 is 5.11 Å². The van der Waals surface area contributed by atoms with E-state index in [1.165, 1.54) is 0 Å². The van der Waals surface area contributed by atoms with Crippen LogP contribution >= 0.6 is 0 Å². The first kappa shape index (κ1) is 12.2. The van der Waals surface area contributed by atoms with E-state index in [1.54, 1.807) is 6.20 Å². The average Bonchev–Trinajstić information content (AvgIpc) is 2.60. The Kier molecular flexibility index (Phi) is 5.36. The SMILES string of the molecule is CCCC(O)CNCCc1nccn1C. The molecule has 0 aromatic carbocycles. The second kappa shape index (κ2) is 6.58. The molecular formula is C11H21N3O. The first-order valence-corrected chi connectivity index (χ1v) is 5.59. The molecule has 0 bridgehead atoms. The monoisotopic (exact) mass is 211 g/mol. The molecule has 1 rings (SSSR count).